The molecule has 0 unspecified atom stereocenters. The van der Waals surface area contributed by atoms with Crippen LogP contribution in [0.3, 0.4) is 0 Å². The van der Waals surface area contributed by atoms with Crippen LogP contribution in [0.4, 0.5) is 0 Å². The Kier molecular flexibility index (Phi) is 12.0. The first-order valence-electron chi connectivity index (χ1n) is 18.2. The molecule has 0 radical (unpaired) electrons. The zero-order valence-corrected chi connectivity index (χ0v) is 36.5. The lowest BCUT2D eigenvalue weighted by molar-refractivity contribution is -0.671. The Morgan fingerprint density at radius 2 is 0.904 bits per heavy atom. The average molecular weight is 917 g/mol. The number of hydrogen-bond acceptors (Lipinski definition) is 2. The number of aromatic amines is 2. The number of rotatable bonds is 6. The molecule has 8 heteroatoms. The van der Waals surface area contributed by atoms with Gasteiger partial charge in [-0.25, -0.2) is 19.1 Å². The monoisotopic (exact) mass is 916 g/mol. The molecule has 7 rings (SSSR count). The van der Waals surface area contributed by atoms with Gasteiger partial charge in [0.2, 0.25) is 0 Å². The number of aromatic nitrogens is 6. The summed E-state index contributed by atoms with van der Waals surface area (Å²) in [6.07, 6.45) is 12.1. The largest absolute Gasteiger partial charge is 1.00 e. The van der Waals surface area contributed by atoms with Crippen LogP contribution < -0.4 is 57.1 Å². The van der Waals surface area contributed by atoms with Gasteiger partial charge in [-0.3, -0.25) is 0 Å². The van der Waals surface area contributed by atoms with Crippen molar-refractivity contribution in [3.63, 3.8) is 0 Å². The van der Waals surface area contributed by atoms with Crippen LogP contribution in [0.25, 0.3) is 66.6 Å². The third-order valence-electron chi connectivity index (χ3n) is 11.0. The van der Waals surface area contributed by atoms with Gasteiger partial charge in [0, 0.05) is 46.4 Å². The fourth-order valence-corrected chi connectivity index (χ4v) is 8.21. The smallest absolute Gasteiger partial charge is 0.169 e. The molecule has 0 saturated carbocycles. The lowest BCUT2D eigenvalue weighted by atomic mass is 9.94. The number of nitrogens with one attached hydrogen (secondary N) is 2. The summed E-state index contributed by atoms with van der Waals surface area (Å²) >= 11 is 0. The van der Waals surface area contributed by atoms with Crippen LogP contribution in [0.2, 0.25) is 0 Å². The number of H-pyrrole nitrogens is 2. The van der Waals surface area contributed by atoms with Gasteiger partial charge in [-0.05, 0) is 121 Å². The van der Waals surface area contributed by atoms with Crippen LogP contribution in [0.1, 0.15) is 99.4 Å². The molecule has 7 heterocycles. The van der Waals surface area contributed by atoms with Gasteiger partial charge in [0.25, 0.3) is 0 Å². The molecule has 0 aromatic carbocycles. The summed E-state index contributed by atoms with van der Waals surface area (Å²) in [7, 11) is 4.13. The van der Waals surface area contributed by atoms with Crippen molar-refractivity contribution in [2.24, 2.45) is 14.1 Å². The molecule has 0 fully saturated rings. The van der Waals surface area contributed by atoms with E-state index in [1.54, 1.807) is 0 Å². The van der Waals surface area contributed by atoms with Crippen molar-refractivity contribution in [2.75, 3.05) is 0 Å². The van der Waals surface area contributed by atoms with Crippen LogP contribution in [0, 0.1) is 13.8 Å². The van der Waals surface area contributed by atoms with Crippen molar-refractivity contribution in [3.05, 3.63) is 106 Å². The quantitative estimate of drug-likeness (QED) is 0.202. The zero-order valence-electron chi connectivity index (χ0n) is 32.1. The second-order valence-corrected chi connectivity index (χ2v) is 13.9. The first-order chi connectivity index (χ1) is 24.1. The minimum Gasteiger partial charge on any atom is -1.00 e. The van der Waals surface area contributed by atoms with E-state index < -0.39 is 0 Å². The van der Waals surface area contributed by atoms with Crippen molar-refractivity contribution in [1.82, 2.24) is 19.9 Å². The maximum absolute atomic E-state index is 5.51. The molecule has 2 N–H and O–H groups in total. The topological polar surface area (TPSA) is 65.1 Å². The zero-order chi connectivity index (χ0) is 35.4. The third-order valence-corrected chi connectivity index (χ3v) is 11.0. The Bertz CT molecular complexity index is 2290. The highest BCUT2D eigenvalue weighted by Crippen LogP contribution is 2.44. The van der Waals surface area contributed by atoms with Crippen LogP contribution in [-0.4, -0.2) is 19.9 Å². The van der Waals surface area contributed by atoms with Crippen LogP contribution in [0.5, 0.6) is 0 Å². The number of pyridine rings is 2. The second-order valence-electron chi connectivity index (χ2n) is 13.9. The standard InChI is InChI=1S/C44H49N6.2HI/c1-11-31-25(5)41-39(29-15-19-49(9)20-16-29)42-27(7)33(13-3)37(47-42)24-38-34(14-4)28(8)44(48-38)40(30-17-21-50(10)22-18-30)43-26(6)32(12-2)36(46-43)23-35(31)45-41;;/h15-24H,11-14H2,1-10H3,(H,45,46,47,48);2*1H/q+1;;/p-1. The van der Waals surface area contributed by atoms with Gasteiger partial charge in [0.1, 0.15) is 14.1 Å². The van der Waals surface area contributed by atoms with Crippen molar-refractivity contribution in [1.29, 1.82) is 0 Å². The van der Waals surface area contributed by atoms with E-state index in [1.807, 2.05) is 0 Å². The molecule has 5 aromatic heterocycles. The molecule has 0 saturated heterocycles. The van der Waals surface area contributed by atoms with E-state index in [0.717, 1.165) is 81.7 Å². The molecule has 52 heavy (non-hydrogen) atoms. The Morgan fingerprint density at radius 3 is 1.25 bits per heavy atom. The Balaban J connectivity index is 0.00000261. The fraction of sp³-hybridized carbons (Fsp3) is 0.318. The number of allylic oxidation sites excluding steroid dienone is 4. The highest BCUT2D eigenvalue weighted by atomic mass is 127. The fourth-order valence-electron chi connectivity index (χ4n) is 8.21. The predicted molar refractivity (Wildman–Crippen MR) is 208 cm³/mol. The van der Waals surface area contributed by atoms with E-state index in [-0.39, 0.29) is 48.0 Å². The molecule has 2 aliphatic rings. The van der Waals surface area contributed by atoms with Gasteiger partial charge in [0.15, 0.2) is 24.8 Å². The molecule has 0 aliphatic carbocycles. The summed E-state index contributed by atoms with van der Waals surface area (Å²) in [5, 5.41) is 0. The van der Waals surface area contributed by atoms with Crippen molar-refractivity contribution >= 4 is 44.4 Å². The number of halogens is 2. The predicted octanol–water partition coefficient (Wildman–Crippen LogP) is 3.73. The Hall–Kier alpha value is -3.64. The van der Waals surface area contributed by atoms with Crippen molar-refractivity contribution < 1.29 is 57.1 Å². The van der Waals surface area contributed by atoms with Crippen molar-refractivity contribution in [2.45, 2.75) is 81.1 Å². The molecule has 6 nitrogen and oxygen atoms in total. The number of nitrogens with zero attached hydrogens (tertiary/aromatic N) is 4. The van der Waals surface area contributed by atoms with E-state index in [0.29, 0.717) is 0 Å². The molecular formula is C44H50I2N6. The normalized spacial score (nSPS) is 12.7. The number of hydrogen-bond donors (Lipinski definition) is 2. The second kappa shape index (κ2) is 15.8. The Labute approximate surface area is 342 Å². The van der Waals surface area contributed by atoms with Gasteiger partial charge in [0.05, 0.1) is 33.8 Å². The van der Waals surface area contributed by atoms with Gasteiger partial charge < -0.3 is 57.9 Å². The lowest BCUT2D eigenvalue weighted by Gasteiger charge is -2.09. The van der Waals surface area contributed by atoms with Gasteiger partial charge in [-0.1, -0.05) is 27.7 Å². The minimum absolute atomic E-state index is 0. The minimum atomic E-state index is 0. The summed E-state index contributed by atoms with van der Waals surface area (Å²) < 4.78 is 4.18. The summed E-state index contributed by atoms with van der Waals surface area (Å²) in [6.45, 7) is 18.0. The van der Waals surface area contributed by atoms with E-state index in [1.165, 1.54) is 55.7 Å². The summed E-state index contributed by atoms with van der Waals surface area (Å²) in [5.74, 6) is 0. The maximum atomic E-state index is 5.51. The van der Waals surface area contributed by atoms with Gasteiger partial charge >= 0.3 is 0 Å². The number of fused-ring (bicyclic) bond motifs is 8. The third kappa shape index (κ3) is 6.58. The molecule has 8 bridgehead atoms. The Morgan fingerprint density at radius 1 is 0.538 bits per heavy atom. The van der Waals surface area contributed by atoms with Gasteiger partial charge in [-0.2, -0.15) is 0 Å². The highest BCUT2D eigenvalue weighted by Gasteiger charge is 2.27. The molecular weight excluding hydrogens is 866 g/mol. The van der Waals surface area contributed by atoms with E-state index in [2.05, 4.69) is 150 Å². The van der Waals surface area contributed by atoms with Crippen LogP contribution >= 0.6 is 0 Å². The van der Waals surface area contributed by atoms with Crippen LogP contribution in [-0.2, 0) is 26.9 Å². The summed E-state index contributed by atoms with van der Waals surface area (Å²) in [5.41, 5.74) is 23.4. The molecule has 0 spiro atoms. The number of aryl methyl sites for hydroxylation is 6. The van der Waals surface area contributed by atoms with E-state index in [9.17, 15) is 0 Å². The molecule has 0 atom stereocenters. The highest BCUT2D eigenvalue weighted by molar-refractivity contribution is 6.03. The van der Waals surface area contributed by atoms with Gasteiger partial charge in [-0.15, -0.1) is 0 Å². The summed E-state index contributed by atoms with van der Waals surface area (Å²) in [6, 6.07) is 13.5. The molecule has 0 amide bonds. The first kappa shape index (κ1) is 39.6. The first-order valence-corrected chi connectivity index (χ1v) is 18.2. The molecule has 2 aliphatic heterocycles. The molecule has 5 aromatic rings. The molecule has 270 valence electrons. The summed E-state index contributed by atoms with van der Waals surface area (Å²) in [4.78, 5) is 19.0. The van der Waals surface area contributed by atoms with Crippen LogP contribution in [0.15, 0.2) is 61.2 Å². The van der Waals surface area contributed by atoms with Crippen molar-refractivity contribution in [3.8, 4) is 22.3 Å². The average Bonchev–Trinajstić information content (AvgIpc) is 3.79. The lowest BCUT2D eigenvalue weighted by Crippen LogP contribution is -3.00. The maximum Gasteiger partial charge on any atom is 0.169 e. The SMILES string of the molecule is CCC1=C(C)c2nc1cc1[nH]c(c(C)c1CC)c(-c1cc[n+](C)cc1)c1[nH]c(cc3nc(c2-c2cc[n+](C)cc2)C(C)=C3CC)c(CC)c1C.[I-].[I-]. The van der Waals surface area contributed by atoms with E-state index >= 15 is 0 Å². The van der Waals surface area contributed by atoms with E-state index in [4.69, 9.17) is 9.97 Å².